The third-order valence-corrected chi connectivity index (χ3v) is 9.71. The Labute approximate surface area is 327 Å². The Balaban J connectivity index is 0.964. The molecule has 0 spiro atoms. The van der Waals surface area contributed by atoms with Crippen molar-refractivity contribution in [3.8, 4) is 22.4 Å². The van der Waals surface area contributed by atoms with Crippen LogP contribution in [0.2, 0.25) is 0 Å². The lowest BCUT2D eigenvalue weighted by atomic mass is 10.1. The molecule has 2 aromatic carbocycles. The second kappa shape index (κ2) is 14.9. The van der Waals surface area contributed by atoms with Gasteiger partial charge in [0.15, 0.2) is 22.3 Å². The number of pyridine rings is 2. The quantitative estimate of drug-likeness (QED) is 0.207. The molecule has 0 radical (unpaired) electrons. The number of rotatable bonds is 10. The zero-order valence-corrected chi connectivity index (χ0v) is 31.4. The van der Waals surface area contributed by atoms with Crippen LogP contribution in [-0.4, -0.2) is 59.2 Å². The van der Waals surface area contributed by atoms with Gasteiger partial charge in [-0.15, -0.1) is 0 Å². The lowest BCUT2D eigenvalue weighted by Gasteiger charge is -2.11. The molecule has 6 aromatic heterocycles. The second-order valence-corrected chi connectivity index (χ2v) is 13.6. The topological polar surface area (TPSA) is 208 Å². The van der Waals surface area contributed by atoms with Gasteiger partial charge in [-0.1, -0.05) is 30.3 Å². The highest BCUT2D eigenvalue weighted by Gasteiger charge is 2.19. The minimum Gasteiger partial charge on any atom is -0.325 e. The van der Waals surface area contributed by atoms with Gasteiger partial charge in [0.2, 0.25) is 11.8 Å². The van der Waals surface area contributed by atoms with Crippen molar-refractivity contribution in [2.75, 3.05) is 10.6 Å². The highest BCUT2D eigenvalue weighted by Crippen LogP contribution is 2.23. The van der Waals surface area contributed by atoms with Crippen LogP contribution >= 0.6 is 0 Å². The molecular formula is C40H34N12O6. The molecule has 0 aliphatic heterocycles. The third-order valence-electron chi connectivity index (χ3n) is 9.71. The van der Waals surface area contributed by atoms with Crippen LogP contribution < -0.4 is 33.1 Å². The summed E-state index contributed by atoms with van der Waals surface area (Å²) in [5.41, 5.74) is 3.07. The lowest BCUT2D eigenvalue weighted by molar-refractivity contribution is -0.117. The number of hydrogen-bond acceptors (Lipinski definition) is 10. The molecule has 18 nitrogen and oxygen atoms in total. The standard InChI is InChI=1S/C40H34N12O6/c1-47-35-33(37(55)49(3)39(47)57)50(22-43-35)20-31(53)45-28-11-7-25(8-12-28)27-16-24(17-41-18-27)19-52-38(56)34-36(48(2)40(52)58)44-23-51(34)21-32(54)46-29-13-9-26(10-14-29)30-6-4-5-15-42-30/h4-18,22-23H,19-21H2,1-3H3,(H,45,53)(H,46,54). The predicted octanol–water partition coefficient (Wildman–Crippen LogP) is 2.09. The molecule has 8 aromatic rings. The van der Waals surface area contributed by atoms with E-state index in [0.717, 1.165) is 26.0 Å². The van der Waals surface area contributed by atoms with E-state index < -0.39 is 28.4 Å². The maximum Gasteiger partial charge on any atom is 0.332 e. The van der Waals surface area contributed by atoms with Crippen LogP contribution in [0.3, 0.4) is 0 Å². The fourth-order valence-corrected chi connectivity index (χ4v) is 6.73. The van der Waals surface area contributed by atoms with Crippen molar-refractivity contribution in [1.82, 2.24) is 47.3 Å². The van der Waals surface area contributed by atoms with E-state index >= 15 is 0 Å². The van der Waals surface area contributed by atoms with E-state index in [9.17, 15) is 28.8 Å². The lowest BCUT2D eigenvalue weighted by Crippen LogP contribution is -2.40. The molecule has 18 heteroatoms. The van der Waals surface area contributed by atoms with Crippen molar-refractivity contribution < 1.29 is 9.59 Å². The molecule has 0 aliphatic carbocycles. The zero-order chi connectivity index (χ0) is 40.7. The van der Waals surface area contributed by atoms with E-state index in [0.29, 0.717) is 22.5 Å². The number of imidazole rings is 2. The largest absolute Gasteiger partial charge is 0.332 e. The Morgan fingerprint density at radius 3 is 1.76 bits per heavy atom. The average molecular weight is 779 g/mol. The molecule has 0 bridgehead atoms. The zero-order valence-electron chi connectivity index (χ0n) is 31.4. The first kappa shape index (κ1) is 36.9. The van der Waals surface area contributed by atoms with E-state index in [1.807, 2.05) is 30.3 Å². The Bertz CT molecular complexity index is 3140. The molecule has 290 valence electrons. The molecule has 0 atom stereocenters. The average Bonchev–Trinajstić information content (AvgIpc) is 3.85. The third kappa shape index (κ3) is 6.89. The van der Waals surface area contributed by atoms with Gasteiger partial charge in [0.25, 0.3) is 11.1 Å². The molecule has 0 aliphatic rings. The van der Waals surface area contributed by atoms with E-state index in [1.54, 1.807) is 61.1 Å². The first-order valence-corrected chi connectivity index (χ1v) is 17.9. The molecule has 8 rings (SSSR count). The minimum absolute atomic E-state index is 0.0961. The van der Waals surface area contributed by atoms with Crippen LogP contribution in [0.25, 0.3) is 44.7 Å². The van der Waals surface area contributed by atoms with Crippen LogP contribution in [-0.2, 0) is 50.4 Å². The number of fused-ring (bicyclic) bond motifs is 2. The van der Waals surface area contributed by atoms with Gasteiger partial charge < -0.3 is 19.8 Å². The Morgan fingerprint density at radius 2 is 1.17 bits per heavy atom. The SMILES string of the molecule is Cn1c(=O)c2c(ncn2CC(=O)Nc2ccc(-c3cncc(Cn4c(=O)c5c(ncn5CC(=O)Nc5ccc(-c6ccccn6)cc5)n(C)c4=O)c3)cc2)n(C)c1=O. The van der Waals surface area contributed by atoms with Crippen molar-refractivity contribution in [1.29, 1.82) is 0 Å². The highest BCUT2D eigenvalue weighted by atomic mass is 16.2. The number of amides is 2. The Morgan fingerprint density at radius 1 is 0.603 bits per heavy atom. The molecule has 6 heterocycles. The summed E-state index contributed by atoms with van der Waals surface area (Å²) in [5.74, 6) is -0.801. The van der Waals surface area contributed by atoms with Gasteiger partial charge in [0, 0.05) is 62.2 Å². The van der Waals surface area contributed by atoms with Gasteiger partial charge >= 0.3 is 11.4 Å². The van der Waals surface area contributed by atoms with E-state index in [-0.39, 0.29) is 47.9 Å². The number of benzene rings is 2. The first-order chi connectivity index (χ1) is 28.0. The van der Waals surface area contributed by atoms with Crippen LogP contribution in [0.15, 0.2) is 123 Å². The normalized spacial score (nSPS) is 11.3. The summed E-state index contributed by atoms with van der Waals surface area (Å²) in [6.07, 6.45) is 7.61. The van der Waals surface area contributed by atoms with Gasteiger partial charge in [-0.2, -0.15) is 0 Å². The van der Waals surface area contributed by atoms with Gasteiger partial charge in [-0.25, -0.2) is 19.6 Å². The van der Waals surface area contributed by atoms with Crippen molar-refractivity contribution >= 4 is 45.5 Å². The highest BCUT2D eigenvalue weighted by molar-refractivity contribution is 5.92. The number of aryl methyl sites for hydroxylation is 2. The summed E-state index contributed by atoms with van der Waals surface area (Å²) < 4.78 is 7.36. The van der Waals surface area contributed by atoms with Gasteiger partial charge in [-0.3, -0.25) is 47.4 Å². The van der Waals surface area contributed by atoms with Crippen LogP contribution in [0.1, 0.15) is 5.56 Å². The van der Waals surface area contributed by atoms with E-state index in [1.165, 1.54) is 52.1 Å². The summed E-state index contributed by atoms with van der Waals surface area (Å²) >= 11 is 0. The molecule has 0 saturated heterocycles. The fraction of sp³-hybridized carbons (Fsp3) is 0.150. The van der Waals surface area contributed by atoms with Gasteiger partial charge in [0.05, 0.1) is 24.9 Å². The number of aromatic nitrogens is 10. The summed E-state index contributed by atoms with van der Waals surface area (Å²) in [6.45, 7) is -0.531. The van der Waals surface area contributed by atoms with Crippen molar-refractivity contribution in [3.63, 3.8) is 0 Å². The number of nitrogens with zero attached hydrogens (tertiary/aromatic N) is 10. The number of carbonyl (C=O) groups is 2. The second-order valence-electron chi connectivity index (χ2n) is 13.6. The Kier molecular flexibility index (Phi) is 9.49. The Hall–Kier alpha value is -8.02. The fourth-order valence-electron chi connectivity index (χ4n) is 6.73. The van der Waals surface area contributed by atoms with Crippen LogP contribution in [0.4, 0.5) is 11.4 Å². The van der Waals surface area contributed by atoms with Crippen LogP contribution in [0.5, 0.6) is 0 Å². The number of carbonyl (C=O) groups excluding carboxylic acids is 2. The molecule has 2 amide bonds. The summed E-state index contributed by atoms with van der Waals surface area (Å²) in [6, 6.07) is 21.6. The molecule has 0 fully saturated rings. The predicted molar refractivity (Wildman–Crippen MR) is 215 cm³/mol. The first-order valence-electron chi connectivity index (χ1n) is 17.9. The number of nitrogens with one attached hydrogen (secondary N) is 2. The summed E-state index contributed by atoms with van der Waals surface area (Å²) in [7, 11) is 4.38. The summed E-state index contributed by atoms with van der Waals surface area (Å²) in [4.78, 5) is 95.5. The van der Waals surface area contributed by atoms with Gasteiger partial charge in [-0.05, 0) is 53.6 Å². The van der Waals surface area contributed by atoms with Crippen molar-refractivity contribution in [3.05, 3.63) is 151 Å². The molecule has 58 heavy (non-hydrogen) atoms. The van der Waals surface area contributed by atoms with Crippen LogP contribution in [0, 0.1) is 0 Å². The molecule has 0 unspecified atom stereocenters. The monoisotopic (exact) mass is 778 g/mol. The van der Waals surface area contributed by atoms with E-state index in [4.69, 9.17) is 0 Å². The van der Waals surface area contributed by atoms with Crippen molar-refractivity contribution in [2.45, 2.75) is 19.6 Å². The minimum atomic E-state index is -0.610. The van der Waals surface area contributed by atoms with Crippen molar-refractivity contribution in [2.24, 2.45) is 21.1 Å². The smallest absolute Gasteiger partial charge is 0.325 e. The molecule has 2 N–H and O–H groups in total. The molecular weight excluding hydrogens is 745 g/mol. The van der Waals surface area contributed by atoms with Gasteiger partial charge in [0.1, 0.15) is 13.1 Å². The number of anilines is 2. The number of hydrogen-bond donors (Lipinski definition) is 2. The van der Waals surface area contributed by atoms with E-state index in [2.05, 4.69) is 30.6 Å². The summed E-state index contributed by atoms with van der Waals surface area (Å²) in [5, 5.41) is 5.64. The molecule has 0 saturated carbocycles. The maximum atomic E-state index is 13.9. The maximum absolute atomic E-state index is 13.9.